The van der Waals surface area contributed by atoms with Crippen molar-refractivity contribution in [2.75, 3.05) is 19.3 Å². The van der Waals surface area contributed by atoms with Crippen LogP contribution in [0, 0.1) is 5.92 Å². The quantitative estimate of drug-likeness (QED) is 0.685. The Morgan fingerprint density at radius 3 is 2.33 bits per heavy atom. The van der Waals surface area contributed by atoms with Crippen LogP contribution in [0.4, 0.5) is 0 Å². The zero-order chi connectivity index (χ0) is 9.14. The minimum atomic E-state index is -0.828. The molecule has 12 heavy (non-hydrogen) atoms. The first-order valence-electron chi connectivity index (χ1n) is 4.38. The van der Waals surface area contributed by atoms with Crippen LogP contribution in [0.5, 0.6) is 0 Å². The van der Waals surface area contributed by atoms with Crippen LogP contribution in [0.2, 0.25) is 0 Å². The third-order valence-corrected chi connectivity index (χ3v) is 3.64. The SMILES string of the molecule is CC(O)C1CCN(S(C)=O)CC1. The van der Waals surface area contributed by atoms with E-state index < -0.39 is 11.0 Å². The van der Waals surface area contributed by atoms with E-state index in [0.29, 0.717) is 5.92 Å². The molecule has 3 nitrogen and oxygen atoms in total. The lowest BCUT2D eigenvalue weighted by Crippen LogP contribution is -2.37. The van der Waals surface area contributed by atoms with Gasteiger partial charge in [-0.3, -0.25) is 0 Å². The van der Waals surface area contributed by atoms with Crippen LogP contribution in [-0.4, -0.2) is 39.1 Å². The summed E-state index contributed by atoms with van der Waals surface area (Å²) in [5.74, 6) is 0.407. The average Bonchev–Trinajstić information content (AvgIpc) is 2.04. The monoisotopic (exact) mass is 191 g/mol. The number of rotatable bonds is 2. The molecule has 0 aromatic rings. The molecule has 0 amide bonds. The molecule has 0 aliphatic carbocycles. The van der Waals surface area contributed by atoms with Crippen LogP contribution in [0.3, 0.4) is 0 Å². The Morgan fingerprint density at radius 1 is 1.50 bits per heavy atom. The van der Waals surface area contributed by atoms with E-state index in [2.05, 4.69) is 0 Å². The van der Waals surface area contributed by atoms with Gasteiger partial charge in [-0.05, 0) is 25.7 Å². The van der Waals surface area contributed by atoms with Crippen LogP contribution >= 0.6 is 0 Å². The maximum absolute atomic E-state index is 11.0. The highest BCUT2D eigenvalue weighted by atomic mass is 32.2. The Morgan fingerprint density at radius 2 is 2.00 bits per heavy atom. The summed E-state index contributed by atoms with van der Waals surface area (Å²) in [4.78, 5) is 0. The lowest BCUT2D eigenvalue weighted by Gasteiger charge is -2.31. The lowest BCUT2D eigenvalue weighted by atomic mass is 9.93. The molecule has 1 saturated heterocycles. The van der Waals surface area contributed by atoms with Crippen molar-refractivity contribution >= 4 is 11.0 Å². The van der Waals surface area contributed by atoms with Crippen LogP contribution in [0.1, 0.15) is 19.8 Å². The van der Waals surface area contributed by atoms with E-state index in [1.165, 1.54) is 0 Å². The maximum Gasteiger partial charge on any atom is 0.0910 e. The van der Waals surface area contributed by atoms with Gasteiger partial charge in [0, 0.05) is 19.3 Å². The maximum atomic E-state index is 11.0. The van der Waals surface area contributed by atoms with E-state index in [0.717, 1.165) is 25.9 Å². The number of hydrogen-bond acceptors (Lipinski definition) is 2. The molecule has 0 radical (unpaired) electrons. The Hall–Kier alpha value is 0.0700. The van der Waals surface area contributed by atoms with Gasteiger partial charge >= 0.3 is 0 Å². The predicted molar refractivity (Wildman–Crippen MR) is 50.0 cm³/mol. The summed E-state index contributed by atoms with van der Waals surface area (Å²) in [6.07, 6.45) is 3.44. The van der Waals surface area contributed by atoms with Crippen molar-refractivity contribution in [2.24, 2.45) is 5.92 Å². The first kappa shape index (κ1) is 10.2. The largest absolute Gasteiger partial charge is 0.393 e. The molecule has 0 spiro atoms. The molecule has 1 aliphatic rings. The molecule has 1 N–H and O–H groups in total. The molecule has 0 aromatic heterocycles. The van der Waals surface area contributed by atoms with Crippen LogP contribution in [0.25, 0.3) is 0 Å². The van der Waals surface area contributed by atoms with Gasteiger partial charge < -0.3 is 5.11 Å². The second-order valence-electron chi connectivity index (χ2n) is 3.43. The minimum Gasteiger partial charge on any atom is -0.393 e. The van der Waals surface area contributed by atoms with Crippen molar-refractivity contribution in [1.82, 2.24) is 4.31 Å². The van der Waals surface area contributed by atoms with E-state index in [1.54, 1.807) is 6.26 Å². The lowest BCUT2D eigenvalue weighted by molar-refractivity contribution is 0.0923. The van der Waals surface area contributed by atoms with Gasteiger partial charge in [0.15, 0.2) is 0 Å². The molecule has 0 aromatic carbocycles. The molecular formula is C8H17NO2S. The number of piperidine rings is 1. The molecule has 0 saturated carbocycles. The summed E-state index contributed by atoms with van der Waals surface area (Å²) >= 11 is 0. The van der Waals surface area contributed by atoms with E-state index in [1.807, 2.05) is 11.2 Å². The minimum absolute atomic E-state index is 0.211. The average molecular weight is 191 g/mol. The third kappa shape index (κ3) is 2.54. The second kappa shape index (κ2) is 4.35. The molecule has 72 valence electrons. The van der Waals surface area contributed by atoms with Crippen molar-refractivity contribution in [2.45, 2.75) is 25.9 Å². The Kier molecular flexibility index (Phi) is 3.68. The van der Waals surface area contributed by atoms with Gasteiger partial charge in [0.2, 0.25) is 0 Å². The van der Waals surface area contributed by atoms with E-state index >= 15 is 0 Å². The Bertz CT molecular complexity index is 164. The fourth-order valence-electron chi connectivity index (χ4n) is 1.62. The first-order valence-corrected chi connectivity index (χ1v) is 5.89. The van der Waals surface area contributed by atoms with E-state index in [-0.39, 0.29) is 6.10 Å². The second-order valence-corrected chi connectivity index (χ2v) is 4.79. The van der Waals surface area contributed by atoms with E-state index in [9.17, 15) is 9.32 Å². The third-order valence-electron chi connectivity index (χ3n) is 2.54. The molecule has 4 heteroatoms. The standard InChI is InChI=1S/C8H17NO2S/c1-7(10)8-3-5-9(6-4-8)12(2)11/h7-8,10H,3-6H2,1-2H3. The highest BCUT2D eigenvalue weighted by molar-refractivity contribution is 7.81. The summed E-state index contributed by atoms with van der Waals surface area (Å²) in [5.41, 5.74) is 0. The fourth-order valence-corrected chi connectivity index (χ4v) is 2.34. The molecule has 1 fully saturated rings. The number of aliphatic hydroxyl groups is 1. The van der Waals surface area contributed by atoms with Gasteiger partial charge in [-0.2, -0.15) is 0 Å². The van der Waals surface area contributed by atoms with Crippen molar-refractivity contribution in [3.8, 4) is 0 Å². The number of aliphatic hydroxyl groups excluding tert-OH is 1. The smallest absolute Gasteiger partial charge is 0.0910 e. The summed E-state index contributed by atoms with van der Waals surface area (Å²) in [6.45, 7) is 3.56. The van der Waals surface area contributed by atoms with Crippen molar-refractivity contribution in [3.05, 3.63) is 0 Å². The normalized spacial score (nSPS) is 26.9. The van der Waals surface area contributed by atoms with Gasteiger partial charge in [-0.1, -0.05) is 0 Å². The number of hydrogen-bond donors (Lipinski definition) is 1. The molecule has 1 rings (SSSR count). The van der Waals surface area contributed by atoms with Crippen LogP contribution in [0.15, 0.2) is 0 Å². The number of nitrogens with zero attached hydrogens (tertiary/aromatic N) is 1. The van der Waals surface area contributed by atoms with Gasteiger partial charge in [0.1, 0.15) is 0 Å². The van der Waals surface area contributed by atoms with Gasteiger partial charge in [0.25, 0.3) is 0 Å². The molecule has 0 bridgehead atoms. The van der Waals surface area contributed by atoms with Gasteiger partial charge in [-0.25, -0.2) is 8.51 Å². The Balaban J connectivity index is 2.34. The molecule has 1 aliphatic heterocycles. The van der Waals surface area contributed by atoms with Crippen molar-refractivity contribution < 1.29 is 9.32 Å². The molecule has 1 heterocycles. The highest BCUT2D eigenvalue weighted by Gasteiger charge is 2.23. The van der Waals surface area contributed by atoms with Crippen molar-refractivity contribution in [1.29, 1.82) is 0 Å². The van der Waals surface area contributed by atoms with Crippen LogP contribution < -0.4 is 0 Å². The molecular weight excluding hydrogens is 174 g/mol. The first-order chi connectivity index (χ1) is 5.61. The summed E-state index contributed by atoms with van der Waals surface area (Å²) in [6, 6.07) is 0. The van der Waals surface area contributed by atoms with Gasteiger partial charge in [-0.15, -0.1) is 0 Å². The van der Waals surface area contributed by atoms with Crippen LogP contribution in [-0.2, 0) is 11.0 Å². The van der Waals surface area contributed by atoms with Gasteiger partial charge in [0.05, 0.1) is 17.1 Å². The zero-order valence-corrected chi connectivity index (χ0v) is 8.51. The predicted octanol–water partition coefficient (Wildman–Crippen LogP) is 0.373. The summed E-state index contributed by atoms with van der Waals surface area (Å²) < 4.78 is 13.0. The molecule has 2 atom stereocenters. The Labute approximate surface area is 76.4 Å². The topological polar surface area (TPSA) is 40.5 Å². The van der Waals surface area contributed by atoms with Crippen molar-refractivity contribution in [3.63, 3.8) is 0 Å². The zero-order valence-electron chi connectivity index (χ0n) is 7.69. The summed E-state index contributed by atoms with van der Waals surface area (Å²) in [7, 11) is -0.828. The highest BCUT2D eigenvalue weighted by Crippen LogP contribution is 2.20. The molecule has 2 unspecified atom stereocenters. The van der Waals surface area contributed by atoms with E-state index in [4.69, 9.17) is 0 Å². The summed E-state index contributed by atoms with van der Waals surface area (Å²) in [5, 5.41) is 9.31. The fraction of sp³-hybridized carbons (Fsp3) is 1.00.